The molecule has 6 rings (SSSR count). The number of aryl methyl sites for hydroxylation is 1. The number of aromatic nitrogens is 3. The maximum Gasteiger partial charge on any atom is 0.253 e. The first-order chi connectivity index (χ1) is 15.3. The zero-order valence-corrected chi connectivity index (χ0v) is 17.8. The van der Waals surface area contributed by atoms with Crippen molar-refractivity contribution in [1.29, 1.82) is 0 Å². The molecule has 2 N–H and O–H groups in total. The van der Waals surface area contributed by atoms with Gasteiger partial charge in [-0.15, -0.1) is 0 Å². The van der Waals surface area contributed by atoms with Crippen LogP contribution in [0.3, 0.4) is 0 Å². The van der Waals surface area contributed by atoms with Gasteiger partial charge < -0.3 is 10.3 Å². The van der Waals surface area contributed by atoms with Crippen LogP contribution in [0.25, 0.3) is 16.6 Å². The first-order valence-corrected chi connectivity index (χ1v) is 11.6. The second-order valence-electron chi connectivity index (χ2n) is 9.16. The number of hydrogen-bond donors (Lipinski definition) is 2. The predicted molar refractivity (Wildman–Crippen MR) is 124 cm³/mol. The van der Waals surface area contributed by atoms with Crippen molar-refractivity contribution in [2.24, 2.45) is 0 Å². The first-order valence-electron chi connectivity index (χ1n) is 11.6. The van der Waals surface area contributed by atoms with E-state index in [-0.39, 0.29) is 5.56 Å². The van der Waals surface area contributed by atoms with E-state index in [1.54, 1.807) is 0 Å². The van der Waals surface area contributed by atoms with E-state index >= 15 is 0 Å². The molecule has 31 heavy (non-hydrogen) atoms. The minimum atomic E-state index is 0.0616. The lowest BCUT2D eigenvalue weighted by Crippen LogP contribution is -2.34. The van der Waals surface area contributed by atoms with Crippen molar-refractivity contribution in [2.75, 3.05) is 0 Å². The van der Waals surface area contributed by atoms with E-state index in [0.29, 0.717) is 12.6 Å². The van der Waals surface area contributed by atoms with Crippen molar-refractivity contribution in [1.82, 2.24) is 20.1 Å². The molecule has 0 saturated heterocycles. The summed E-state index contributed by atoms with van der Waals surface area (Å²) in [7, 11) is 0. The first kappa shape index (κ1) is 18.8. The SMILES string of the molecule is O=c1[nH]c2c(c(C3=CC=C3)nn2Cc2cccc(CNC3CCC3)c2)c2c1CCCC2. The van der Waals surface area contributed by atoms with Gasteiger partial charge in [0.25, 0.3) is 5.56 Å². The summed E-state index contributed by atoms with van der Waals surface area (Å²) in [4.78, 5) is 16.0. The van der Waals surface area contributed by atoms with Crippen LogP contribution < -0.4 is 10.9 Å². The van der Waals surface area contributed by atoms with E-state index in [4.69, 9.17) is 5.10 Å². The van der Waals surface area contributed by atoms with Gasteiger partial charge in [0.1, 0.15) is 11.3 Å². The van der Waals surface area contributed by atoms with Crippen molar-refractivity contribution in [2.45, 2.75) is 64.1 Å². The van der Waals surface area contributed by atoms with Crippen molar-refractivity contribution in [3.8, 4) is 0 Å². The van der Waals surface area contributed by atoms with Crippen LogP contribution in [0.15, 0.2) is 47.3 Å². The van der Waals surface area contributed by atoms with Crippen LogP contribution in [0.4, 0.5) is 0 Å². The molecular formula is C26H28N4O. The lowest BCUT2D eigenvalue weighted by atomic mass is 9.89. The molecule has 5 nitrogen and oxygen atoms in total. The molecule has 158 valence electrons. The summed E-state index contributed by atoms with van der Waals surface area (Å²) >= 11 is 0. The molecule has 0 bridgehead atoms. The molecule has 0 radical (unpaired) electrons. The van der Waals surface area contributed by atoms with Crippen LogP contribution in [0, 0.1) is 0 Å². The Bertz CT molecular complexity index is 1270. The van der Waals surface area contributed by atoms with Gasteiger partial charge in [-0.05, 0) is 55.2 Å². The average Bonchev–Trinajstić information content (AvgIpc) is 3.04. The van der Waals surface area contributed by atoms with Crippen LogP contribution in [0.5, 0.6) is 0 Å². The number of aromatic amines is 1. The summed E-state index contributed by atoms with van der Waals surface area (Å²) in [5.74, 6) is 0. The molecule has 1 aromatic carbocycles. The molecule has 0 atom stereocenters. The highest BCUT2D eigenvalue weighted by Crippen LogP contribution is 2.34. The largest absolute Gasteiger partial charge is 0.310 e. The minimum absolute atomic E-state index is 0.0616. The number of nitrogens with one attached hydrogen (secondary N) is 2. The fraction of sp³-hybridized carbons (Fsp3) is 0.385. The van der Waals surface area contributed by atoms with Gasteiger partial charge in [-0.1, -0.05) is 48.9 Å². The Morgan fingerprint density at radius 2 is 1.90 bits per heavy atom. The molecule has 0 spiro atoms. The molecule has 2 heterocycles. The Morgan fingerprint density at radius 3 is 2.65 bits per heavy atom. The number of H-pyrrole nitrogens is 1. The molecule has 1 fully saturated rings. The van der Waals surface area contributed by atoms with Gasteiger partial charge in [-0.2, -0.15) is 5.10 Å². The number of rotatable bonds is 6. The Labute approximate surface area is 181 Å². The Hall–Kier alpha value is -2.92. The number of allylic oxidation sites excluding steroid dienone is 4. The third kappa shape index (κ3) is 3.37. The molecule has 1 saturated carbocycles. The Balaban J connectivity index is 1.38. The average molecular weight is 413 g/mol. The Kier molecular flexibility index (Phi) is 4.64. The highest BCUT2D eigenvalue weighted by Gasteiger charge is 2.24. The Morgan fingerprint density at radius 1 is 1.10 bits per heavy atom. The molecular weight excluding hydrogens is 384 g/mol. The highest BCUT2D eigenvalue weighted by molar-refractivity contribution is 5.96. The molecule has 0 amide bonds. The zero-order valence-electron chi connectivity index (χ0n) is 17.8. The van der Waals surface area contributed by atoms with Gasteiger partial charge in [0.2, 0.25) is 0 Å². The lowest BCUT2D eigenvalue weighted by Gasteiger charge is -2.26. The van der Waals surface area contributed by atoms with Crippen LogP contribution in [0.2, 0.25) is 0 Å². The molecule has 0 unspecified atom stereocenters. The third-order valence-electron chi connectivity index (χ3n) is 7.08. The van der Waals surface area contributed by atoms with Gasteiger partial charge in [-0.25, -0.2) is 4.68 Å². The maximum absolute atomic E-state index is 12.8. The topological polar surface area (TPSA) is 62.7 Å². The summed E-state index contributed by atoms with van der Waals surface area (Å²) in [6.45, 7) is 1.56. The quantitative estimate of drug-likeness (QED) is 0.636. The maximum atomic E-state index is 12.8. The van der Waals surface area contributed by atoms with Gasteiger partial charge in [0.05, 0.1) is 6.54 Å². The monoisotopic (exact) mass is 412 g/mol. The van der Waals surface area contributed by atoms with E-state index in [9.17, 15) is 4.79 Å². The predicted octanol–water partition coefficient (Wildman–Crippen LogP) is 4.25. The molecule has 3 aliphatic carbocycles. The van der Waals surface area contributed by atoms with Gasteiger partial charge in [0.15, 0.2) is 0 Å². The van der Waals surface area contributed by atoms with Crippen molar-refractivity contribution in [3.05, 3.63) is 80.8 Å². The number of hydrogen-bond acceptors (Lipinski definition) is 3. The fourth-order valence-electron chi connectivity index (χ4n) is 5.04. The molecule has 0 aliphatic heterocycles. The van der Waals surface area contributed by atoms with Crippen LogP contribution in [-0.4, -0.2) is 20.8 Å². The number of pyridine rings is 1. The minimum Gasteiger partial charge on any atom is -0.310 e. The van der Waals surface area contributed by atoms with Crippen LogP contribution >= 0.6 is 0 Å². The molecule has 5 heteroatoms. The third-order valence-corrected chi connectivity index (χ3v) is 7.08. The summed E-state index contributed by atoms with van der Waals surface area (Å²) in [6, 6.07) is 9.41. The number of fused-ring (bicyclic) bond motifs is 3. The van der Waals surface area contributed by atoms with E-state index in [0.717, 1.165) is 60.1 Å². The van der Waals surface area contributed by atoms with Gasteiger partial charge >= 0.3 is 0 Å². The summed E-state index contributed by atoms with van der Waals surface area (Å²) in [5, 5.41) is 9.79. The smallest absolute Gasteiger partial charge is 0.253 e. The van der Waals surface area contributed by atoms with E-state index < -0.39 is 0 Å². The van der Waals surface area contributed by atoms with Crippen molar-refractivity contribution in [3.63, 3.8) is 0 Å². The molecule has 3 aliphatic rings. The number of benzene rings is 1. The standard InChI is InChI=1S/C26H28N4O/c31-26-22-13-2-1-12-21(22)23-24(19-8-4-9-19)29-30(25(23)28-26)16-18-7-3-6-17(14-18)15-27-20-10-5-11-20/h3-4,6-9,14,20,27H,1-2,5,10-13,15-16H2,(H,28,31). The van der Waals surface area contributed by atoms with Crippen molar-refractivity contribution >= 4 is 16.6 Å². The molecule has 3 aromatic rings. The van der Waals surface area contributed by atoms with Crippen LogP contribution in [-0.2, 0) is 25.9 Å². The van der Waals surface area contributed by atoms with E-state index in [1.807, 2.05) is 4.68 Å². The summed E-state index contributed by atoms with van der Waals surface area (Å²) in [6.07, 6.45) is 14.3. The van der Waals surface area contributed by atoms with E-state index in [1.165, 1.54) is 36.0 Å². The normalized spacial score (nSPS) is 17.9. The van der Waals surface area contributed by atoms with Gasteiger partial charge in [-0.3, -0.25) is 4.79 Å². The molecule has 2 aromatic heterocycles. The summed E-state index contributed by atoms with van der Waals surface area (Å²) in [5.41, 5.74) is 7.78. The highest BCUT2D eigenvalue weighted by atomic mass is 16.1. The fourth-order valence-corrected chi connectivity index (χ4v) is 5.04. The second kappa shape index (κ2) is 7.65. The van der Waals surface area contributed by atoms with Gasteiger partial charge in [0, 0.05) is 29.1 Å². The van der Waals surface area contributed by atoms with Crippen LogP contribution in [0.1, 0.15) is 60.1 Å². The van der Waals surface area contributed by atoms with Crippen molar-refractivity contribution < 1.29 is 0 Å². The summed E-state index contributed by atoms with van der Waals surface area (Å²) < 4.78 is 1.99. The van der Waals surface area contributed by atoms with E-state index in [2.05, 4.69) is 52.8 Å². The number of nitrogens with zero attached hydrogens (tertiary/aromatic N) is 2. The lowest BCUT2D eigenvalue weighted by molar-refractivity contribution is 0.338. The zero-order chi connectivity index (χ0) is 20.8. The second-order valence-corrected chi connectivity index (χ2v) is 9.16.